The van der Waals surface area contributed by atoms with E-state index >= 15 is 0 Å². The van der Waals surface area contributed by atoms with Gasteiger partial charge in [0.15, 0.2) is 18.4 Å². The Bertz CT molecular complexity index is 755. The summed E-state index contributed by atoms with van der Waals surface area (Å²) in [4.78, 5) is 4.47. The van der Waals surface area contributed by atoms with Gasteiger partial charge in [0.25, 0.3) is 0 Å². The SMILES string of the molecule is CCNC(=NCc1ccc(OCC(F)(F)F)cc1)NCc1nnc(C)n1C. The van der Waals surface area contributed by atoms with Gasteiger partial charge in [0.1, 0.15) is 11.6 Å². The van der Waals surface area contributed by atoms with Crippen LogP contribution in [0, 0.1) is 6.92 Å². The Hall–Kier alpha value is -2.78. The molecule has 0 atom stereocenters. The molecule has 0 aliphatic heterocycles. The first kappa shape index (κ1) is 20.5. The average molecular weight is 384 g/mol. The molecule has 0 aliphatic rings. The zero-order chi connectivity index (χ0) is 19.9. The van der Waals surface area contributed by atoms with Crippen molar-refractivity contribution >= 4 is 5.96 Å². The predicted molar refractivity (Wildman–Crippen MR) is 95.4 cm³/mol. The third-order valence-corrected chi connectivity index (χ3v) is 3.69. The van der Waals surface area contributed by atoms with Gasteiger partial charge in [-0.05, 0) is 31.5 Å². The molecule has 2 rings (SSSR count). The number of hydrogen-bond donors (Lipinski definition) is 2. The summed E-state index contributed by atoms with van der Waals surface area (Å²) in [5, 5.41) is 14.4. The lowest BCUT2D eigenvalue weighted by molar-refractivity contribution is -0.153. The number of ether oxygens (including phenoxy) is 1. The molecule has 1 heterocycles. The van der Waals surface area contributed by atoms with E-state index in [4.69, 9.17) is 0 Å². The number of nitrogens with zero attached hydrogens (tertiary/aromatic N) is 4. The van der Waals surface area contributed by atoms with Crippen LogP contribution in [0.4, 0.5) is 13.2 Å². The Labute approximate surface area is 155 Å². The van der Waals surface area contributed by atoms with Crippen LogP contribution in [0.1, 0.15) is 24.1 Å². The average Bonchev–Trinajstić information content (AvgIpc) is 2.94. The van der Waals surface area contributed by atoms with Crippen LogP contribution in [0.25, 0.3) is 0 Å². The number of halogens is 3. The lowest BCUT2D eigenvalue weighted by Crippen LogP contribution is -2.37. The number of alkyl halides is 3. The normalized spacial score (nSPS) is 12.1. The Morgan fingerprint density at radius 1 is 1.19 bits per heavy atom. The van der Waals surface area contributed by atoms with Gasteiger partial charge in [0.2, 0.25) is 0 Å². The van der Waals surface area contributed by atoms with Gasteiger partial charge in [-0.1, -0.05) is 12.1 Å². The van der Waals surface area contributed by atoms with E-state index in [1.807, 2.05) is 25.5 Å². The molecule has 148 valence electrons. The molecule has 0 fully saturated rings. The van der Waals surface area contributed by atoms with Gasteiger partial charge in [-0.2, -0.15) is 13.2 Å². The predicted octanol–water partition coefficient (Wildman–Crippen LogP) is 2.32. The van der Waals surface area contributed by atoms with Crippen LogP contribution in [0.5, 0.6) is 5.75 Å². The van der Waals surface area contributed by atoms with Crippen molar-refractivity contribution in [2.45, 2.75) is 33.1 Å². The van der Waals surface area contributed by atoms with E-state index in [0.29, 0.717) is 25.6 Å². The highest BCUT2D eigenvalue weighted by Crippen LogP contribution is 2.19. The number of nitrogens with one attached hydrogen (secondary N) is 2. The minimum absolute atomic E-state index is 0.169. The molecule has 10 heteroatoms. The summed E-state index contributed by atoms with van der Waals surface area (Å²) in [5.41, 5.74) is 0.848. The van der Waals surface area contributed by atoms with Gasteiger partial charge >= 0.3 is 6.18 Å². The summed E-state index contributed by atoms with van der Waals surface area (Å²) in [5.74, 6) is 2.38. The number of aryl methyl sites for hydroxylation is 1. The standard InChI is InChI=1S/C17H23F3N6O/c1-4-21-16(23-10-15-25-24-12(2)26(15)3)22-9-13-5-7-14(8-6-13)27-11-17(18,19)20/h5-8H,4,9-11H2,1-3H3,(H2,21,22,23). The van der Waals surface area contributed by atoms with Crippen molar-refractivity contribution in [3.05, 3.63) is 41.5 Å². The second-order valence-corrected chi connectivity index (χ2v) is 5.82. The molecule has 0 spiro atoms. The minimum atomic E-state index is -4.35. The maximum atomic E-state index is 12.2. The van der Waals surface area contributed by atoms with E-state index < -0.39 is 12.8 Å². The van der Waals surface area contributed by atoms with Crippen molar-refractivity contribution < 1.29 is 17.9 Å². The Balaban J connectivity index is 1.92. The highest BCUT2D eigenvalue weighted by atomic mass is 19.4. The monoisotopic (exact) mass is 384 g/mol. The molecule has 0 bridgehead atoms. The third-order valence-electron chi connectivity index (χ3n) is 3.69. The highest BCUT2D eigenvalue weighted by Gasteiger charge is 2.28. The fraction of sp³-hybridized carbons (Fsp3) is 0.471. The van der Waals surface area contributed by atoms with E-state index in [-0.39, 0.29) is 5.75 Å². The van der Waals surface area contributed by atoms with E-state index in [9.17, 15) is 13.2 Å². The number of rotatable bonds is 7. The molecule has 2 aromatic rings. The van der Waals surface area contributed by atoms with Gasteiger partial charge < -0.3 is 19.9 Å². The molecule has 7 nitrogen and oxygen atoms in total. The molecule has 0 radical (unpaired) electrons. The highest BCUT2D eigenvalue weighted by molar-refractivity contribution is 5.79. The second kappa shape index (κ2) is 9.24. The number of guanidine groups is 1. The van der Waals surface area contributed by atoms with E-state index in [1.165, 1.54) is 12.1 Å². The summed E-state index contributed by atoms with van der Waals surface area (Å²) in [6, 6.07) is 6.37. The molecule has 0 saturated carbocycles. The number of hydrogen-bond acceptors (Lipinski definition) is 4. The molecule has 0 unspecified atom stereocenters. The molecule has 1 aromatic carbocycles. The molecule has 0 saturated heterocycles. The topological polar surface area (TPSA) is 76.4 Å². The summed E-state index contributed by atoms with van der Waals surface area (Å²) < 4.78 is 43.0. The maximum absolute atomic E-state index is 12.2. The quantitative estimate of drug-likeness (QED) is 0.566. The fourth-order valence-corrected chi connectivity index (χ4v) is 2.14. The summed E-state index contributed by atoms with van der Waals surface area (Å²) >= 11 is 0. The summed E-state index contributed by atoms with van der Waals surface area (Å²) in [6.45, 7) is 4.04. The van der Waals surface area contributed by atoms with Crippen LogP contribution in [0.3, 0.4) is 0 Å². The van der Waals surface area contributed by atoms with Crippen LogP contribution >= 0.6 is 0 Å². The van der Waals surface area contributed by atoms with Crippen molar-refractivity contribution in [1.29, 1.82) is 0 Å². The lowest BCUT2D eigenvalue weighted by atomic mass is 10.2. The van der Waals surface area contributed by atoms with E-state index in [0.717, 1.165) is 17.2 Å². The smallest absolute Gasteiger partial charge is 0.422 e. The molecule has 2 N–H and O–H groups in total. The molecular formula is C17H23F3N6O. The van der Waals surface area contributed by atoms with E-state index in [2.05, 4.69) is 30.6 Å². The number of aromatic nitrogens is 3. The van der Waals surface area contributed by atoms with E-state index in [1.54, 1.807) is 12.1 Å². The van der Waals surface area contributed by atoms with Gasteiger partial charge in [-0.25, -0.2) is 4.99 Å². The Morgan fingerprint density at radius 3 is 2.44 bits per heavy atom. The van der Waals surface area contributed by atoms with Crippen LogP contribution in [0.15, 0.2) is 29.3 Å². The number of aliphatic imine (C=N–C) groups is 1. The first-order valence-electron chi connectivity index (χ1n) is 8.44. The van der Waals surface area contributed by atoms with Crippen molar-refractivity contribution in [2.24, 2.45) is 12.0 Å². The summed E-state index contributed by atoms with van der Waals surface area (Å²) in [6.07, 6.45) is -4.35. The Morgan fingerprint density at radius 2 is 1.89 bits per heavy atom. The lowest BCUT2D eigenvalue weighted by Gasteiger charge is -2.11. The van der Waals surface area contributed by atoms with Crippen LogP contribution in [-0.4, -0.2) is 40.1 Å². The molecule has 0 aliphatic carbocycles. The largest absolute Gasteiger partial charge is 0.484 e. The second-order valence-electron chi connectivity index (χ2n) is 5.82. The van der Waals surface area contributed by atoms with Crippen molar-refractivity contribution in [3.8, 4) is 5.75 Å². The van der Waals surface area contributed by atoms with Crippen LogP contribution in [-0.2, 0) is 20.1 Å². The molecule has 1 aromatic heterocycles. The van der Waals surface area contributed by atoms with Gasteiger partial charge in [0.05, 0.1) is 13.1 Å². The van der Waals surface area contributed by atoms with Crippen LogP contribution < -0.4 is 15.4 Å². The van der Waals surface area contributed by atoms with Gasteiger partial charge in [0, 0.05) is 13.6 Å². The zero-order valence-corrected chi connectivity index (χ0v) is 15.5. The fourth-order valence-electron chi connectivity index (χ4n) is 2.14. The zero-order valence-electron chi connectivity index (χ0n) is 15.5. The first-order valence-corrected chi connectivity index (χ1v) is 8.44. The Kier molecular flexibility index (Phi) is 7.03. The van der Waals surface area contributed by atoms with Crippen LogP contribution in [0.2, 0.25) is 0 Å². The third kappa shape index (κ3) is 6.80. The van der Waals surface area contributed by atoms with Crippen molar-refractivity contribution in [3.63, 3.8) is 0 Å². The maximum Gasteiger partial charge on any atom is 0.422 e. The molecular weight excluding hydrogens is 361 g/mol. The van der Waals surface area contributed by atoms with Gasteiger partial charge in [-0.3, -0.25) is 0 Å². The van der Waals surface area contributed by atoms with Crippen molar-refractivity contribution in [1.82, 2.24) is 25.4 Å². The summed E-state index contributed by atoms with van der Waals surface area (Å²) in [7, 11) is 1.89. The number of benzene rings is 1. The van der Waals surface area contributed by atoms with Gasteiger partial charge in [-0.15, -0.1) is 10.2 Å². The first-order chi connectivity index (χ1) is 12.8. The minimum Gasteiger partial charge on any atom is -0.484 e. The van der Waals surface area contributed by atoms with Crippen molar-refractivity contribution in [2.75, 3.05) is 13.2 Å². The molecule has 0 amide bonds. The molecule has 27 heavy (non-hydrogen) atoms.